The third kappa shape index (κ3) is 4.58. The molecule has 2 bridgehead atoms. The molecule has 1 aromatic carbocycles. The van der Waals surface area contributed by atoms with E-state index >= 15 is 0 Å². The van der Waals surface area contributed by atoms with E-state index < -0.39 is 29.6 Å². The van der Waals surface area contributed by atoms with E-state index in [1.165, 1.54) is 0 Å². The van der Waals surface area contributed by atoms with Crippen molar-refractivity contribution in [1.82, 2.24) is 10.2 Å². The summed E-state index contributed by atoms with van der Waals surface area (Å²) >= 11 is 12.3. The number of likely N-dealkylation sites (tertiary alicyclic amines) is 1. The molecule has 3 aliphatic heterocycles. The van der Waals surface area contributed by atoms with Crippen LogP contribution in [0.4, 0.5) is 5.69 Å². The van der Waals surface area contributed by atoms with Crippen molar-refractivity contribution in [3.05, 3.63) is 40.4 Å². The Labute approximate surface area is 240 Å². The van der Waals surface area contributed by atoms with Gasteiger partial charge in [0.2, 0.25) is 17.7 Å². The summed E-state index contributed by atoms with van der Waals surface area (Å²) in [6.45, 7) is 4.44. The van der Waals surface area contributed by atoms with Crippen molar-refractivity contribution < 1.29 is 19.1 Å². The number of amides is 3. The van der Waals surface area contributed by atoms with E-state index in [0.717, 1.165) is 51.4 Å². The van der Waals surface area contributed by atoms with Crippen molar-refractivity contribution in [1.29, 1.82) is 0 Å². The van der Waals surface area contributed by atoms with Crippen LogP contribution in [0.5, 0.6) is 0 Å². The van der Waals surface area contributed by atoms with Crippen molar-refractivity contribution in [2.24, 2.45) is 23.7 Å². The molecular weight excluding hydrogens is 537 g/mol. The largest absolute Gasteiger partial charge is 0.359 e. The van der Waals surface area contributed by atoms with Crippen LogP contribution in [0.3, 0.4) is 0 Å². The summed E-state index contributed by atoms with van der Waals surface area (Å²) in [5, 5.41) is 7.05. The number of carbonyl (C=O) groups is 3. The zero-order valence-electron chi connectivity index (χ0n) is 22.5. The summed E-state index contributed by atoms with van der Waals surface area (Å²) < 4.78 is 6.52. The lowest BCUT2D eigenvalue weighted by atomic mass is 9.73. The summed E-state index contributed by atoms with van der Waals surface area (Å²) in [5.74, 6) is -1.27. The highest BCUT2D eigenvalue weighted by Crippen LogP contribution is 2.56. The number of nitrogens with zero attached hydrogens (tertiary/aromatic N) is 1. The molecule has 210 valence electrons. The molecule has 8 atom stereocenters. The Kier molecular flexibility index (Phi) is 7.22. The quantitative estimate of drug-likeness (QED) is 0.464. The van der Waals surface area contributed by atoms with Crippen LogP contribution >= 0.6 is 23.2 Å². The fourth-order valence-corrected chi connectivity index (χ4v) is 8.38. The van der Waals surface area contributed by atoms with E-state index in [1.807, 2.05) is 12.2 Å². The van der Waals surface area contributed by atoms with Gasteiger partial charge >= 0.3 is 0 Å². The van der Waals surface area contributed by atoms with Gasteiger partial charge in [0, 0.05) is 27.8 Å². The molecule has 2 saturated heterocycles. The molecule has 2 N–H and O–H groups in total. The summed E-state index contributed by atoms with van der Waals surface area (Å²) in [5.41, 5.74) is -0.691. The Morgan fingerprint density at radius 1 is 0.974 bits per heavy atom. The third-order valence-corrected chi connectivity index (χ3v) is 10.4. The highest BCUT2D eigenvalue weighted by Gasteiger charge is 2.73. The Morgan fingerprint density at radius 2 is 1.69 bits per heavy atom. The molecule has 8 unspecified atom stereocenters. The van der Waals surface area contributed by atoms with E-state index in [-0.39, 0.29) is 29.8 Å². The Balaban J connectivity index is 1.32. The van der Waals surface area contributed by atoms with Crippen LogP contribution in [0, 0.1) is 23.7 Å². The summed E-state index contributed by atoms with van der Waals surface area (Å²) in [6, 6.07) is 4.08. The first-order valence-corrected chi connectivity index (χ1v) is 15.2. The van der Waals surface area contributed by atoms with Crippen LogP contribution in [0.25, 0.3) is 0 Å². The molecule has 0 aromatic heterocycles. The van der Waals surface area contributed by atoms with Crippen LogP contribution in [0.15, 0.2) is 30.4 Å². The Morgan fingerprint density at radius 3 is 2.41 bits per heavy atom. The second kappa shape index (κ2) is 10.4. The third-order valence-electron chi connectivity index (χ3n) is 10.00. The van der Waals surface area contributed by atoms with E-state index in [9.17, 15) is 14.4 Å². The first-order chi connectivity index (χ1) is 18.7. The van der Waals surface area contributed by atoms with E-state index in [0.29, 0.717) is 27.6 Å². The molecule has 9 heteroatoms. The molecule has 3 amide bonds. The van der Waals surface area contributed by atoms with Crippen molar-refractivity contribution >= 4 is 46.6 Å². The van der Waals surface area contributed by atoms with Gasteiger partial charge in [-0.1, -0.05) is 81.3 Å². The number of halogens is 2. The molecular formula is C30H37Cl2N3O4. The number of benzene rings is 1. The SMILES string of the molecule is CC1CCCC(NC(=O)C2N(C3CCCCC3)C(=O)C3C(C(=O)Nc4cc(Cl)cc(Cl)c4)C4C=CC32O4)C1C. The van der Waals surface area contributed by atoms with Gasteiger partial charge in [-0.05, 0) is 49.3 Å². The van der Waals surface area contributed by atoms with Gasteiger partial charge in [0.1, 0.15) is 11.6 Å². The van der Waals surface area contributed by atoms with Gasteiger partial charge < -0.3 is 20.3 Å². The number of hydrogen-bond donors (Lipinski definition) is 2. The van der Waals surface area contributed by atoms with Crippen molar-refractivity contribution in [3.8, 4) is 0 Å². The lowest BCUT2D eigenvalue weighted by Gasteiger charge is -2.40. The van der Waals surface area contributed by atoms with Crippen molar-refractivity contribution in [2.45, 2.75) is 95.0 Å². The van der Waals surface area contributed by atoms with Crippen LogP contribution < -0.4 is 10.6 Å². The van der Waals surface area contributed by atoms with Crippen LogP contribution in [-0.4, -0.2) is 52.5 Å². The van der Waals surface area contributed by atoms with Crippen LogP contribution in [-0.2, 0) is 19.1 Å². The minimum absolute atomic E-state index is 0.0313. The Bertz CT molecular complexity index is 1180. The highest BCUT2D eigenvalue weighted by atomic mass is 35.5. The maximum atomic E-state index is 14.3. The molecule has 1 spiro atoms. The second-order valence-electron chi connectivity index (χ2n) is 12.3. The first kappa shape index (κ1) is 27.1. The number of anilines is 1. The Hall–Kier alpha value is -2.09. The molecule has 6 rings (SSSR count). The molecule has 39 heavy (non-hydrogen) atoms. The van der Waals surface area contributed by atoms with Gasteiger partial charge in [0.25, 0.3) is 0 Å². The standard InChI is InChI=1S/C30H37Cl2N3O4/c1-16-7-6-10-22(17(16)2)34-28(37)26-30-12-11-23(39-30)24(27(36)33-20-14-18(31)13-19(32)15-20)25(30)29(38)35(26)21-8-4-3-5-9-21/h11-17,21-26H,3-10H2,1-2H3,(H,33,36)(H,34,37). The number of carbonyl (C=O) groups excluding carboxylic acids is 3. The van der Waals surface area contributed by atoms with Crippen LogP contribution in [0.2, 0.25) is 10.0 Å². The molecule has 2 saturated carbocycles. The van der Waals surface area contributed by atoms with Gasteiger partial charge in [-0.25, -0.2) is 0 Å². The second-order valence-corrected chi connectivity index (χ2v) is 13.1. The average molecular weight is 575 g/mol. The zero-order chi connectivity index (χ0) is 27.5. The highest BCUT2D eigenvalue weighted by molar-refractivity contribution is 6.35. The molecule has 5 aliphatic rings. The van der Waals surface area contributed by atoms with E-state index in [1.54, 1.807) is 23.1 Å². The van der Waals surface area contributed by atoms with Crippen molar-refractivity contribution in [2.75, 3.05) is 5.32 Å². The monoisotopic (exact) mass is 573 g/mol. The maximum Gasteiger partial charge on any atom is 0.246 e. The van der Waals surface area contributed by atoms with E-state index in [4.69, 9.17) is 27.9 Å². The molecule has 7 nitrogen and oxygen atoms in total. The fourth-order valence-electron chi connectivity index (χ4n) is 7.86. The smallest absolute Gasteiger partial charge is 0.246 e. The minimum Gasteiger partial charge on any atom is -0.359 e. The van der Waals surface area contributed by atoms with Gasteiger partial charge in [0.05, 0.1) is 17.9 Å². The summed E-state index contributed by atoms with van der Waals surface area (Å²) in [7, 11) is 0. The molecule has 2 aliphatic carbocycles. The first-order valence-electron chi connectivity index (χ1n) is 14.5. The molecule has 4 fully saturated rings. The maximum absolute atomic E-state index is 14.3. The summed E-state index contributed by atoms with van der Waals surface area (Å²) in [6.07, 6.45) is 11.2. The number of fused-ring (bicyclic) bond motifs is 1. The topological polar surface area (TPSA) is 87.7 Å². The van der Waals surface area contributed by atoms with Gasteiger partial charge in [-0.3, -0.25) is 14.4 Å². The fraction of sp³-hybridized carbons (Fsp3) is 0.633. The lowest BCUT2D eigenvalue weighted by Crippen LogP contribution is -2.59. The number of ether oxygens (including phenoxy) is 1. The normalized spacial score (nSPS) is 37.7. The average Bonchev–Trinajstić information content (AvgIpc) is 3.54. The molecule has 0 radical (unpaired) electrons. The van der Waals surface area contributed by atoms with Gasteiger partial charge in [0.15, 0.2) is 0 Å². The molecule has 3 heterocycles. The summed E-state index contributed by atoms with van der Waals surface area (Å²) in [4.78, 5) is 44.0. The van der Waals surface area contributed by atoms with Crippen molar-refractivity contribution in [3.63, 3.8) is 0 Å². The predicted octanol–water partition coefficient (Wildman–Crippen LogP) is 5.36. The predicted molar refractivity (Wildman–Crippen MR) is 150 cm³/mol. The zero-order valence-corrected chi connectivity index (χ0v) is 24.0. The van der Waals surface area contributed by atoms with Gasteiger partial charge in [-0.2, -0.15) is 0 Å². The van der Waals surface area contributed by atoms with Crippen LogP contribution in [0.1, 0.15) is 65.2 Å². The number of rotatable bonds is 5. The lowest BCUT2D eigenvalue weighted by molar-refractivity contribution is -0.145. The van der Waals surface area contributed by atoms with E-state index in [2.05, 4.69) is 24.5 Å². The molecule has 1 aromatic rings. The number of hydrogen-bond acceptors (Lipinski definition) is 4. The van der Waals surface area contributed by atoms with Gasteiger partial charge in [-0.15, -0.1) is 0 Å². The number of nitrogens with one attached hydrogen (secondary N) is 2. The minimum atomic E-state index is -1.15.